The molecular formula is C12H17N5O. The number of piperidine rings is 1. The standard InChI is InChI=1S/C12H17N5O/c1-2-9-8-10(18)17-11(13-9)14-12(15-17)16-6-4-3-5-7-16/h8H,2-7H2,1H3,(H,13,14,15). The molecule has 0 aromatic carbocycles. The first-order valence-electron chi connectivity index (χ1n) is 6.51. The number of aromatic amines is 1. The normalized spacial score (nSPS) is 16.4. The van der Waals surface area contributed by atoms with Crippen LogP contribution < -0.4 is 10.5 Å². The number of hydrogen-bond donors (Lipinski definition) is 1. The molecular weight excluding hydrogens is 230 g/mol. The minimum Gasteiger partial charge on any atom is -0.341 e. The lowest BCUT2D eigenvalue weighted by Crippen LogP contribution is -2.30. The summed E-state index contributed by atoms with van der Waals surface area (Å²) < 4.78 is 1.42. The predicted octanol–water partition coefficient (Wildman–Crippen LogP) is 0.970. The number of hydrogen-bond acceptors (Lipinski definition) is 4. The predicted molar refractivity (Wildman–Crippen MR) is 69.0 cm³/mol. The number of aromatic nitrogens is 4. The average Bonchev–Trinajstić information content (AvgIpc) is 2.84. The molecule has 6 heteroatoms. The summed E-state index contributed by atoms with van der Waals surface area (Å²) in [6.45, 7) is 3.97. The molecule has 2 aromatic rings. The summed E-state index contributed by atoms with van der Waals surface area (Å²) in [6, 6.07) is 1.56. The fourth-order valence-electron chi connectivity index (χ4n) is 2.34. The van der Waals surface area contributed by atoms with Gasteiger partial charge in [0.15, 0.2) is 0 Å². The quantitative estimate of drug-likeness (QED) is 0.858. The summed E-state index contributed by atoms with van der Waals surface area (Å²) in [4.78, 5) is 22.9. The highest BCUT2D eigenvalue weighted by atomic mass is 16.1. The minimum absolute atomic E-state index is 0.0902. The summed E-state index contributed by atoms with van der Waals surface area (Å²) in [6.07, 6.45) is 4.38. The zero-order valence-corrected chi connectivity index (χ0v) is 10.5. The van der Waals surface area contributed by atoms with Crippen LogP contribution in [0.4, 0.5) is 5.95 Å². The monoisotopic (exact) mass is 247 g/mol. The van der Waals surface area contributed by atoms with Crippen molar-refractivity contribution in [3.8, 4) is 0 Å². The van der Waals surface area contributed by atoms with E-state index >= 15 is 0 Å². The van der Waals surface area contributed by atoms with E-state index in [1.807, 2.05) is 6.92 Å². The highest BCUT2D eigenvalue weighted by Crippen LogP contribution is 2.15. The Labute approximate surface area is 105 Å². The van der Waals surface area contributed by atoms with Crippen molar-refractivity contribution < 1.29 is 0 Å². The maximum absolute atomic E-state index is 11.9. The highest BCUT2D eigenvalue weighted by Gasteiger charge is 2.15. The fourth-order valence-corrected chi connectivity index (χ4v) is 2.34. The number of aryl methyl sites for hydroxylation is 1. The van der Waals surface area contributed by atoms with Crippen LogP contribution in [-0.2, 0) is 6.42 Å². The van der Waals surface area contributed by atoms with E-state index in [0.29, 0.717) is 5.78 Å². The van der Waals surface area contributed by atoms with Gasteiger partial charge in [0, 0.05) is 24.8 Å². The van der Waals surface area contributed by atoms with Crippen LogP contribution in [0.2, 0.25) is 0 Å². The molecule has 0 radical (unpaired) electrons. The first kappa shape index (κ1) is 11.3. The van der Waals surface area contributed by atoms with Crippen LogP contribution in [-0.4, -0.2) is 32.7 Å². The molecule has 6 nitrogen and oxygen atoms in total. The molecule has 0 unspecified atom stereocenters. The Kier molecular flexibility index (Phi) is 2.77. The Morgan fingerprint density at radius 2 is 2.06 bits per heavy atom. The second-order valence-corrected chi connectivity index (χ2v) is 4.67. The molecule has 1 N–H and O–H groups in total. The Hall–Kier alpha value is -1.85. The topological polar surface area (TPSA) is 66.3 Å². The Morgan fingerprint density at radius 3 is 2.78 bits per heavy atom. The molecule has 0 spiro atoms. The first-order valence-corrected chi connectivity index (χ1v) is 6.51. The van der Waals surface area contributed by atoms with E-state index < -0.39 is 0 Å². The summed E-state index contributed by atoms with van der Waals surface area (Å²) in [5.74, 6) is 1.23. The zero-order valence-electron chi connectivity index (χ0n) is 10.5. The van der Waals surface area contributed by atoms with Gasteiger partial charge in [-0.05, 0) is 25.7 Å². The molecule has 1 aliphatic rings. The fraction of sp³-hybridized carbons (Fsp3) is 0.583. The molecule has 0 aliphatic carbocycles. The summed E-state index contributed by atoms with van der Waals surface area (Å²) in [5, 5.41) is 3.04. The molecule has 0 saturated carbocycles. The summed E-state index contributed by atoms with van der Waals surface area (Å²) in [7, 11) is 0. The van der Waals surface area contributed by atoms with Gasteiger partial charge in [-0.25, -0.2) is 4.98 Å². The van der Waals surface area contributed by atoms with Gasteiger partial charge in [0.1, 0.15) is 0 Å². The van der Waals surface area contributed by atoms with Gasteiger partial charge >= 0.3 is 0 Å². The Bertz CT molecular complexity index is 608. The number of nitrogens with zero attached hydrogens (tertiary/aromatic N) is 4. The highest BCUT2D eigenvalue weighted by molar-refractivity contribution is 5.39. The maximum atomic E-state index is 11.9. The third kappa shape index (κ3) is 1.87. The molecule has 0 bridgehead atoms. The zero-order chi connectivity index (χ0) is 12.5. The van der Waals surface area contributed by atoms with Gasteiger partial charge in [-0.3, -0.25) is 9.89 Å². The number of rotatable bonds is 2. The van der Waals surface area contributed by atoms with Gasteiger partial charge in [-0.1, -0.05) is 6.92 Å². The number of H-pyrrole nitrogens is 1. The van der Waals surface area contributed by atoms with Crippen molar-refractivity contribution in [2.75, 3.05) is 18.0 Å². The second-order valence-electron chi connectivity index (χ2n) is 4.67. The van der Waals surface area contributed by atoms with E-state index in [0.717, 1.165) is 31.2 Å². The van der Waals surface area contributed by atoms with Gasteiger partial charge in [-0.2, -0.15) is 9.50 Å². The molecule has 1 aliphatic heterocycles. The average molecular weight is 247 g/mol. The van der Waals surface area contributed by atoms with Crippen LogP contribution in [0.15, 0.2) is 10.9 Å². The van der Waals surface area contributed by atoms with Gasteiger partial charge < -0.3 is 4.90 Å². The molecule has 3 rings (SSSR count). The van der Waals surface area contributed by atoms with E-state index in [4.69, 9.17) is 0 Å². The smallest absolute Gasteiger partial charge is 0.274 e. The molecule has 3 heterocycles. The van der Waals surface area contributed by atoms with Gasteiger partial charge in [0.05, 0.1) is 0 Å². The summed E-state index contributed by atoms with van der Waals surface area (Å²) in [5.41, 5.74) is 0.698. The molecule has 1 saturated heterocycles. The largest absolute Gasteiger partial charge is 0.341 e. The van der Waals surface area contributed by atoms with Gasteiger partial charge in [0.25, 0.3) is 11.3 Å². The molecule has 2 aromatic heterocycles. The third-order valence-corrected chi connectivity index (χ3v) is 3.39. The van der Waals surface area contributed by atoms with E-state index in [9.17, 15) is 4.79 Å². The SMILES string of the molecule is CCc1cc(=O)n2[nH]c(N3CCCCC3)nc2n1. The Morgan fingerprint density at radius 1 is 1.28 bits per heavy atom. The van der Waals surface area contributed by atoms with Crippen LogP contribution in [0.3, 0.4) is 0 Å². The van der Waals surface area contributed by atoms with Crippen molar-refractivity contribution >= 4 is 11.7 Å². The first-order chi connectivity index (χ1) is 8.78. The lowest BCUT2D eigenvalue weighted by molar-refractivity contribution is 0.568. The van der Waals surface area contributed by atoms with Crippen LogP contribution >= 0.6 is 0 Å². The van der Waals surface area contributed by atoms with E-state index in [2.05, 4.69) is 20.0 Å². The van der Waals surface area contributed by atoms with Crippen molar-refractivity contribution in [3.05, 3.63) is 22.1 Å². The summed E-state index contributed by atoms with van der Waals surface area (Å²) >= 11 is 0. The van der Waals surface area contributed by atoms with Crippen molar-refractivity contribution in [2.24, 2.45) is 0 Å². The molecule has 0 atom stereocenters. The van der Waals surface area contributed by atoms with Crippen LogP contribution in [0, 0.1) is 0 Å². The van der Waals surface area contributed by atoms with Crippen molar-refractivity contribution in [1.82, 2.24) is 19.6 Å². The van der Waals surface area contributed by atoms with Crippen molar-refractivity contribution in [1.29, 1.82) is 0 Å². The number of nitrogens with one attached hydrogen (secondary N) is 1. The minimum atomic E-state index is -0.0902. The third-order valence-electron chi connectivity index (χ3n) is 3.39. The molecule has 96 valence electrons. The maximum Gasteiger partial charge on any atom is 0.274 e. The van der Waals surface area contributed by atoms with Crippen LogP contribution in [0.1, 0.15) is 31.9 Å². The lowest BCUT2D eigenvalue weighted by atomic mass is 10.1. The lowest BCUT2D eigenvalue weighted by Gasteiger charge is -2.25. The van der Waals surface area contributed by atoms with Gasteiger partial charge in [-0.15, -0.1) is 0 Å². The molecule has 0 amide bonds. The number of fused-ring (bicyclic) bond motifs is 1. The van der Waals surface area contributed by atoms with Crippen LogP contribution in [0.25, 0.3) is 5.78 Å². The second kappa shape index (κ2) is 4.44. The number of anilines is 1. The Balaban J connectivity index is 2.04. The van der Waals surface area contributed by atoms with E-state index in [1.165, 1.54) is 23.8 Å². The molecule has 1 fully saturated rings. The van der Waals surface area contributed by atoms with Crippen molar-refractivity contribution in [2.45, 2.75) is 32.6 Å². The van der Waals surface area contributed by atoms with E-state index in [-0.39, 0.29) is 5.56 Å². The van der Waals surface area contributed by atoms with E-state index in [1.54, 1.807) is 6.07 Å². The van der Waals surface area contributed by atoms with Crippen molar-refractivity contribution in [3.63, 3.8) is 0 Å². The van der Waals surface area contributed by atoms with Crippen LogP contribution in [0.5, 0.6) is 0 Å². The molecule has 18 heavy (non-hydrogen) atoms. The van der Waals surface area contributed by atoms with Gasteiger partial charge in [0.2, 0.25) is 5.95 Å².